The Morgan fingerprint density at radius 3 is 2.00 bits per heavy atom. The molecule has 0 bridgehead atoms. The molecular weight excluding hydrogens is 192 g/mol. The van der Waals surface area contributed by atoms with Gasteiger partial charge in [0.25, 0.3) is 0 Å². The van der Waals surface area contributed by atoms with Gasteiger partial charge in [0, 0.05) is 24.8 Å². The second-order valence-corrected chi connectivity index (χ2v) is 2.93. The SMILES string of the molecule is COC(O)(OC)c1ccc(Cl)cc1. The topological polar surface area (TPSA) is 38.7 Å². The lowest BCUT2D eigenvalue weighted by molar-refractivity contribution is -0.352. The van der Waals surface area contributed by atoms with Crippen LogP contribution < -0.4 is 0 Å². The molecule has 1 N–H and O–H groups in total. The van der Waals surface area contributed by atoms with E-state index in [1.165, 1.54) is 14.2 Å². The van der Waals surface area contributed by atoms with E-state index in [4.69, 9.17) is 21.1 Å². The lowest BCUT2D eigenvalue weighted by Gasteiger charge is -2.24. The molecule has 0 amide bonds. The van der Waals surface area contributed by atoms with Gasteiger partial charge in [0.1, 0.15) is 0 Å². The summed E-state index contributed by atoms with van der Waals surface area (Å²) in [6.45, 7) is 0. The summed E-state index contributed by atoms with van der Waals surface area (Å²) >= 11 is 5.68. The Hall–Kier alpha value is -0.610. The van der Waals surface area contributed by atoms with Gasteiger partial charge in [-0.2, -0.15) is 0 Å². The number of rotatable bonds is 3. The maximum Gasteiger partial charge on any atom is 0.308 e. The van der Waals surface area contributed by atoms with Gasteiger partial charge in [0.15, 0.2) is 0 Å². The minimum atomic E-state index is -1.69. The van der Waals surface area contributed by atoms with E-state index in [0.717, 1.165) is 0 Å². The van der Waals surface area contributed by atoms with Crippen molar-refractivity contribution in [2.75, 3.05) is 14.2 Å². The first-order chi connectivity index (χ1) is 6.12. The fourth-order valence-corrected chi connectivity index (χ4v) is 1.11. The molecule has 1 rings (SSSR count). The molecule has 4 heteroatoms. The summed E-state index contributed by atoms with van der Waals surface area (Å²) in [5.41, 5.74) is 0.502. The van der Waals surface area contributed by atoms with Crippen LogP contribution in [0.25, 0.3) is 0 Å². The average Bonchev–Trinajstić information content (AvgIpc) is 2.18. The molecule has 0 saturated carbocycles. The molecule has 0 fully saturated rings. The normalized spacial score (nSPS) is 11.7. The van der Waals surface area contributed by atoms with Gasteiger partial charge in [-0.3, -0.25) is 0 Å². The van der Waals surface area contributed by atoms with Gasteiger partial charge in [-0.05, 0) is 24.3 Å². The summed E-state index contributed by atoms with van der Waals surface area (Å²) in [5.74, 6) is -1.69. The van der Waals surface area contributed by atoms with E-state index in [0.29, 0.717) is 10.6 Å². The first-order valence-corrected chi connectivity index (χ1v) is 4.09. The zero-order valence-electron chi connectivity index (χ0n) is 7.45. The van der Waals surface area contributed by atoms with E-state index in [1.54, 1.807) is 24.3 Å². The number of hydrogen-bond acceptors (Lipinski definition) is 3. The van der Waals surface area contributed by atoms with Gasteiger partial charge in [0.05, 0.1) is 0 Å². The molecule has 0 aliphatic heterocycles. The number of methoxy groups -OCH3 is 2. The van der Waals surface area contributed by atoms with Crippen LogP contribution in [-0.4, -0.2) is 19.3 Å². The van der Waals surface area contributed by atoms with Gasteiger partial charge in [-0.1, -0.05) is 11.6 Å². The van der Waals surface area contributed by atoms with Crippen molar-refractivity contribution in [1.29, 1.82) is 0 Å². The Bertz CT molecular complexity index is 267. The third-order valence-electron chi connectivity index (χ3n) is 1.76. The minimum Gasteiger partial charge on any atom is -0.339 e. The molecule has 0 heterocycles. The van der Waals surface area contributed by atoms with Crippen molar-refractivity contribution in [1.82, 2.24) is 0 Å². The summed E-state index contributed by atoms with van der Waals surface area (Å²) in [7, 11) is 2.72. The number of aliphatic hydroxyl groups is 1. The predicted octanol–water partition coefficient (Wildman–Crippen LogP) is 1.74. The molecule has 72 valence electrons. The van der Waals surface area contributed by atoms with E-state index in [1.807, 2.05) is 0 Å². The predicted molar refractivity (Wildman–Crippen MR) is 49.4 cm³/mol. The number of ether oxygens (including phenoxy) is 2. The van der Waals surface area contributed by atoms with Crippen LogP contribution in [0.5, 0.6) is 0 Å². The van der Waals surface area contributed by atoms with Gasteiger partial charge in [0.2, 0.25) is 0 Å². The van der Waals surface area contributed by atoms with Crippen LogP contribution in [0.2, 0.25) is 5.02 Å². The summed E-state index contributed by atoms with van der Waals surface area (Å²) in [5, 5.41) is 10.3. The number of halogens is 1. The van der Waals surface area contributed by atoms with Crippen LogP contribution in [0, 0.1) is 0 Å². The van der Waals surface area contributed by atoms with Crippen molar-refractivity contribution in [2.24, 2.45) is 0 Å². The largest absolute Gasteiger partial charge is 0.339 e. The lowest BCUT2D eigenvalue weighted by atomic mass is 10.2. The van der Waals surface area contributed by atoms with Crippen molar-refractivity contribution >= 4 is 11.6 Å². The number of benzene rings is 1. The molecule has 0 atom stereocenters. The maximum absolute atomic E-state index is 9.70. The van der Waals surface area contributed by atoms with E-state index < -0.39 is 5.97 Å². The minimum absolute atomic E-state index is 0.502. The molecule has 0 aliphatic carbocycles. The smallest absolute Gasteiger partial charge is 0.308 e. The van der Waals surface area contributed by atoms with Crippen molar-refractivity contribution in [3.05, 3.63) is 34.9 Å². The van der Waals surface area contributed by atoms with Crippen LogP contribution in [0.3, 0.4) is 0 Å². The molecule has 0 spiro atoms. The first-order valence-electron chi connectivity index (χ1n) is 3.71. The summed E-state index contributed by atoms with van der Waals surface area (Å²) in [4.78, 5) is 0. The Morgan fingerprint density at radius 1 is 1.15 bits per heavy atom. The summed E-state index contributed by atoms with van der Waals surface area (Å²) in [6.07, 6.45) is 0. The molecule has 0 unspecified atom stereocenters. The van der Waals surface area contributed by atoms with Crippen molar-refractivity contribution < 1.29 is 14.6 Å². The van der Waals surface area contributed by atoms with Crippen LogP contribution in [-0.2, 0) is 15.4 Å². The molecule has 1 aromatic carbocycles. The van der Waals surface area contributed by atoms with Crippen LogP contribution in [0.4, 0.5) is 0 Å². The average molecular weight is 203 g/mol. The van der Waals surface area contributed by atoms with E-state index >= 15 is 0 Å². The second kappa shape index (κ2) is 4.07. The Balaban J connectivity index is 2.99. The quantitative estimate of drug-likeness (QED) is 0.759. The van der Waals surface area contributed by atoms with E-state index in [-0.39, 0.29) is 0 Å². The third-order valence-corrected chi connectivity index (χ3v) is 2.01. The van der Waals surface area contributed by atoms with Gasteiger partial charge in [-0.15, -0.1) is 0 Å². The standard InChI is InChI=1S/C9H11ClO3/c1-12-9(11,13-2)7-3-5-8(10)6-4-7/h3-6,11H,1-2H3. The van der Waals surface area contributed by atoms with E-state index in [2.05, 4.69) is 0 Å². The third kappa shape index (κ3) is 2.19. The second-order valence-electron chi connectivity index (χ2n) is 2.50. The van der Waals surface area contributed by atoms with Gasteiger partial charge in [-0.25, -0.2) is 0 Å². The Morgan fingerprint density at radius 2 is 1.62 bits per heavy atom. The molecular formula is C9H11ClO3. The zero-order chi connectivity index (χ0) is 9.90. The zero-order valence-corrected chi connectivity index (χ0v) is 8.21. The van der Waals surface area contributed by atoms with Crippen molar-refractivity contribution in [3.8, 4) is 0 Å². The highest BCUT2D eigenvalue weighted by molar-refractivity contribution is 6.30. The van der Waals surface area contributed by atoms with E-state index in [9.17, 15) is 5.11 Å². The molecule has 0 saturated heterocycles. The molecule has 0 aliphatic rings. The Labute approximate surface area is 81.9 Å². The monoisotopic (exact) mass is 202 g/mol. The summed E-state index contributed by atoms with van der Waals surface area (Å²) in [6, 6.07) is 6.57. The first kappa shape index (κ1) is 10.5. The number of hydrogen-bond donors (Lipinski definition) is 1. The summed E-state index contributed by atoms with van der Waals surface area (Å²) < 4.78 is 9.61. The molecule has 13 heavy (non-hydrogen) atoms. The maximum atomic E-state index is 9.70. The van der Waals surface area contributed by atoms with Crippen molar-refractivity contribution in [3.63, 3.8) is 0 Å². The molecule has 1 aromatic rings. The molecule has 3 nitrogen and oxygen atoms in total. The molecule has 0 radical (unpaired) electrons. The van der Waals surface area contributed by atoms with Gasteiger partial charge < -0.3 is 14.6 Å². The highest BCUT2D eigenvalue weighted by atomic mass is 35.5. The van der Waals surface area contributed by atoms with Gasteiger partial charge >= 0.3 is 5.97 Å². The highest BCUT2D eigenvalue weighted by Gasteiger charge is 2.28. The van der Waals surface area contributed by atoms with Crippen molar-refractivity contribution in [2.45, 2.75) is 5.97 Å². The van der Waals surface area contributed by atoms with Crippen LogP contribution in [0.15, 0.2) is 24.3 Å². The Kier molecular flexibility index (Phi) is 3.27. The fraction of sp³-hybridized carbons (Fsp3) is 0.333. The van der Waals surface area contributed by atoms with Crippen LogP contribution in [0.1, 0.15) is 5.56 Å². The lowest BCUT2D eigenvalue weighted by Crippen LogP contribution is -2.29. The fourth-order valence-electron chi connectivity index (χ4n) is 0.980. The molecule has 0 aromatic heterocycles. The highest BCUT2D eigenvalue weighted by Crippen LogP contribution is 2.23. The van der Waals surface area contributed by atoms with Crippen LogP contribution >= 0.6 is 11.6 Å².